The van der Waals surface area contributed by atoms with E-state index in [1.807, 2.05) is 53.4 Å². The van der Waals surface area contributed by atoms with E-state index in [0.717, 1.165) is 15.8 Å². The maximum absolute atomic E-state index is 12.6. The molecule has 0 radical (unpaired) electrons. The number of hydrogen-bond donors (Lipinski definition) is 0. The molecule has 1 aliphatic heterocycles. The molecule has 1 fully saturated rings. The van der Waals surface area contributed by atoms with Crippen LogP contribution < -0.4 is 4.74 Å². The zero-order valence-corrected chi connectivity index (χ0v) is 14.5. The van der Waals surface area contributed by atoms with E-state index >= 15 is 0 Å². The van der Waals surface area contributed by atoms with Gasteiger partial charge in [-0.2, -0.15) is 0 Å². The van der Waals surface area contributed by atoms with Crippen LogP contribution in [0.1, 0.15) is 22.0 Å². The van der Waals surface area contributed by atoms with Gasteiger partial charge in [0.05, 0.1) is 20.3 Å². The summed E-state index contributed by atoms with van der Waals surface area (Å²) in [7, 11) is 1.64. The molecular weight excluding hydrogens is 358 g/mol. The van der Waals surface area contributed by atoms with Crippen LogP contribution in [0.15, 0.2) is 53.0 Å². The second-order valence-corrected chi connectivity index (χ2v) is 6.31. The van der Waals surface area contributed by atoms with Crippen LogP contribution >= 0.6 is 15.9 Å². The zero-order chi connectivity index (χ0) is 16.2. The number of ether oxygens (including phenoxy) is 2. The molecule has 1 aliphatic rings. The number of rotatable bonds is 3. The second-order valence-electron chi connectivity index (χ2n) is 5.39. The number of morpholine rings is 1. The summed E-state index contributed by atoms with van der Waals surface area (Å²) in [5.41, 5.74) is 1.75. The van der Waals surface area contributed by atoms with Crippen molar-refractivity contribution in [3.63, 3.8) is 0 Å². The third kappa shape index (κ3) is 3.74. The Balaban J connectivity index is 1.72. The summed E-state index contributed by atoms with van der Waals surface area (Å²) < 4.78 is 12.0. The van der Waals surface area contributed by atoms with Gasteiger partial charge >= 0.3 is 0 Å². The third-order valence-corrected chi connectivity index (χ3v) is 4.46. The lowest BCUT2D eigenvalue weighted by atomic mass is 10.1. The lowest BCUT2D eigenvalue weighted by molar-refractivity contribution is -0.0228. The molecule has 1 amide bonds. The van der Waals surface area contributed by atoms with E-state index < -0.39 is 0 Å². The van der Waals surface area contributed by atoms with Crippen LogP contribution in [0.25, 0.3) is 0 Å². The van der Waals surface area contributed by atoms with E-state index in [9.17, 15) is 4.79 Å². The highest BCUT2D eigenvalue weighted by Gasteiger charge is 2.26. The number of carbonyl (C=O) groups excluding carboxylic acids is 1. The van der Waals surface area contributed by atoms with Crippen molar-refractivity contribution >= 4 is 21.8 Å². The summed E-state index contributed by atoms with van der Waals surface area (Å²) in [4.78, 5) is 14.5. The first-order valence-electron chi connectivity index (χ1n) is 7.48. The molecule has 0 bridgehead atoms. The molecule has 3 rings (SSSR count). The molecule has 1 atom stereocenters. The predicted molar refractivity (Wildman–Crippen MR) is 91.7 cm³/mol. The molecule has 0 N–H and O–H groups in total. The average molecular weight is 376 g/mol. The highest BCUT2D eigenvalue weighted by atomic mass is 79.9. The zero-order valence-electron chi connectivity index (χ0n) is 12.9. The Hall–Kier alpha value is -1.85. The lowest BCUT2D eigenvalue weighted by Gasteiger charge is -2.33. The molecule has 0 saturated carbocycles. The summed E-state index contributed by atoms with van der Waals surface area (Å²) in [6.45, 7) is 1.71. The van der Waals surface area contributed by atoms with Crippen molar-refractivity contribution in [3.8, 4) is 5.75 Å². The average Bonchev–Trinajstić information content (AvgIpc) is 2.62. The van der Waals surface area contributed by atoms with Crippen LogP contribution in [0.4, 0.5) is 0 Å². The van der Waals surface area contributed by atoms with Crippen molar-refractivity contribution < 1.29 is 14.3 Å². The standard InChI is InChI=1S/C18H18BrNO3/c1-22-16-8-4-13(5-9-16)17-12-20(10-11-23-17)18(21)14-2-6-15(19)7-3-14/h2-9,17H,10-12H2,1H3. The largest absolute Gasteiger partial charge is 0.497 e. The predicted octanol–water partition coefficient (Wildman–Crippen LogP) is 3.67. The normalized spacial score (nSPS) is 17.8. The summed E-state index contributed by atoms with van der Waals surface area (Å²) in [5, 5.41) is 0. The van der Waals surface area contributed by atoms with Gasteiger partial charge in [-0.3, -0.25) is 4.79 Å². The van der Waals surface area contributed by atoms with Crippen molar-refractivity contribution in [1.29, 1.82) is 0 Å². The Labute approximate surface area is 144 Å². The Morgan fingerprint density at radius 1 is 1.17 bits per heavy atom. The highest BCUT2D eigenvalue weighted by Crippen LogP contribution is 2.25. The van der Waals surface area contributed by atoms with E-state index in [2.05, 4.69) is 15.9 Å². The maximum atomic E-state index is 12.6. The second kappa shape index (κ2) is 7.15. The molecule has 4 nitrogen and oxygen atoms in total. The Morgan fingerprint density at radius 2 is 1.87 bits per heavy atom. The highest BCUT2D eigenvalue weighted by molar-refractivity contribution is 9.10. The SMILES string of the molecule is COc1ccc(C2CN(C(=O)c3ccc(Br)cc3)CCO2)cc1. The van der Waals surface area contributed by atoms with Gasteiger partial charge in [-0.05, 0) is 42.0 Å². The minimum atomic E-state index is -0.103. The van der Waals surface area contributed by atoms with Crippen LogP contribution in [0, 0.1) is 0 Å². The van der Waals surface area contributed by atoms with Crippen molar-refractivity contribution in [2.75, 3.05) is 26.8 Å². The van der Waals surface area contributed by atoms with Crippen LogP contribution in [-0.2, 0) is 4.74 Å². The Kier molecular flexibility index (Phi) is 4.98. The quantitative estimate of drug-likeness (QED) is 0.821. The first-order chi connectivity index (χ1) is 11.2. The number of amides is 1. The van der Waals surface area contributed by atoms with E-state index in [-0.39, 0.29) is 12.0 Å². The van der Waals surface area contributed by atoms with E-state index in [4.69, 9.17) is 9.47 Å². The van der Waals surface area contributed by atoms with E-state index in [0.29, 0.717) is 25.3 Å². The minimum absolute atomic E-state index is 0.0410. The molecule has 5 heteroatoms. The molecule has 23 heavy (non-hydrogen) atoms. The van der Waals surface area contributed by atoms with Crippen LogP contribution in [-0.4, -0.2) is 37.6 Å². The number of benzene rings is 2. The number of hydrogen-bond acceptors (Lipinski definition) is 3. The summed E-state index contributed by atoms with van der Waals surface area (Å²) in [6, 6.07) is 15.2. The summed E-state index contributed by atoms with van der Waals surface area (Å²) in [6.07, 6.45) is -0.103. The maximum Gasteiger partial charge on any atom is 0.254 e. The number of methoxy groups -OCH3 is 1. The molecular formula is C18H18BrNO3. The first kappa shape index (κ1) is 16.0. The fourth-order valence-electron chi connectivity index (χ4n) is 2.63. The van der Waals surface area contributed by atoms with E-state index in [1.54, 1.807) is 7.11 Å². The third-order valence-electron chi connectivity index (χ3n) is 3.93. The van der Waals surface area contributed by atoms with Crippen LogP contribution in [0.5, 0.6) is 5.75 Å². The van der Waals surface area contributed by atoms with Crippen molar-refractivity contribution in [2.45, 2.75) is 6.10 Å². The van der Waals surface area contributed by atoms with Gasteiger partial charge in [-0.15, -0.1) is 0 Å². The van der Waals surface area contributed by atoms with Gasteiger partial charge in [0.25, 0.3) is 5.91 Å². The molecule has 0 spiro atoms. The molecule has 0 aromatic heterocycles. The van der Waals surface area contributed by atoms with Gasteiger partial charge in [-0.25, -0.2) is 0 Å². The monoisotopic (exact) mass is 375 g/mol. The van der Waals surface area contributed by atoms with Crippen molar-refractivity contribution in [3.05, 3.63) is 64.1 Å². The Morgan fingerprint density at radius 3 is 2.52 bits per heavy atom. The summed E-state index contributed by atoms with van der Waals surface area (Å²) >= 11 is 3.39. The molecule has 120 valence electrons. The van der Waals surface area contributed by atoms with Crippen LogP contribution in [0.2, 0.25) is 0 Å². The van der Waals surface area contributed by atoms with Crippen LogP contribution in [0.3, 0.4) is 0 Å². The van der Waals surface area contributed by atoms with Crippen molar-refractivity contribution in [1.82, 2.24) is 4.90 Å². The molecule has 0 aliphatic carbocycles. The minimum Gasteiger partial charge on any atom is -0.497 e. The van der Waals surface area contributed by atoms with Gasteiger partial charge in [0, 0.05) is 16.6 Å². The van der Waals surface area contributed by atoms with Gasteiger partial charge in [-0.1, -0.05) is 28.1 Å². The lowest BCUT2D eigenvalue weighted by Crippen LogP contribution is -2.42. The Bertz CT molecular complexity index is 670. The van der Waals surface area contributed by atoms with Gasteiger partial charge in [0.2, 0.25) is 0 Å². The summed E-state index contributed by atoms with van der Waals surface area (Å²) in [5.74, 6) is 0.853. The molecule has 2 aromatic rings. The molecule has 1 heterocycles. The number of carbonyl (C=O) groups is 1. The fraction of sp³-hybridized carbons (Fsp3) is 0.278. The van der Waals surface area contributed by atoms with Crippen molar-refractivity contribution in [2.24, 2.45) is 0 Å². The van der Waals surface area contributed by atoms with Gasteiger partial charge in [0.1, 0.15) is 11.9 Å². The number of nitrogens with zero attached hydrogens (tertiary/aromatic N) is 1. The topological polar surface area (TPSA) is 38.8 Å². The fourth-order valence-corrected chi connectivity index (χ4v) is 2.89. The molecule has 2 aromatic carbocycles. The first-order valence-corrected chi connectivity index (χ1v) is 8.27. The smallest absolute Gasteiger partial charge is 0.254 e. The van der Waals surface area contributed by atoms with Gasteiger partial charge < -0.3 is 14.4 Å². The van der Waals surface area contributed by atoms with E-state index in [1.165, 1.54) is 0 Å². The molecule has 1 unspecified atom stereocenters. The van der Waals surface area contributed by atoms with Gasteiger partial charge in [0.15, 0.2) is 0 Å². The number of halogens is 1. The molecule has 1 saturated heterocycles.